The number of Topliss-reactive ketones (excluding diaryl/α,β-unsaturated/α-hetero) is 1. The average molecular weight is 421 g/mol. The zero-order valence-electron chi connectivity index (χ0n) is 15.5. The summed E-state index contributed by atoms with van der Waals surface area (Å²) in [4.78, 5) is 23.2. The van der Waals surface area contributed by atoms with Gasteiger partial charge in [-0.15, -0.1) is 0 Å². The Bertz CT molecular complexity index is 1110. The molecule has 0 fully saturated rings. The highest BCUT2D eigenvalue weighted by Crippen LogP contribution is 2.32. The monoisotopic (exact) mass is 421 g/mol. The molecular weight excluding hydrogens is 406 g/mol. The summed E-state index contributed by atoms with van der Waals surface area (Å²) in [6, 6.07) is 7.47. The van der Waals surface area contributed by atoms with Crippen molar-refractivity contribution >= 4 is 23.6 Å². The van der Waals surface area contributed by atoms with Crippen molar-refractivity contribution in [1.82, 2.24) is 9.78 Å². The molecule has 2 aromatic heterocycles. The molecular formula is C20H15F4N3O3. The van der Waals surface area contributed by atoms with Gasteiger partial charge < -0.3 is 9.73 Å². The fraction of sp³-hybridized carbons (Fsp3) is 0.150. The number of benzene rings is 1. The summed E-state index contributed by atoms with van der Waals surface area (Å²) >= 11 is 0. The van der Waals surface area contributed by atoms with Crippen LogP contribution >= 0.6 is 0 Å². The van der Waals surface area contributed by atoms with Crippen LogP contribution in [0.3, 0.4) is 0 Å². The standard InChI is InChI=1S/C20H15F4N3O3/c1-12(28)16-7-6-14(30-16)11-27-10-9-17(26-27)25-18(29)8-5-13-3-2-4-15(19(13)21)20(22,23)24/h2-10H,11H2,1H3,(H,25,26,29)/b8-5+. The zero-order valence-corrected chi connectivity index (χ0v) is 15.5. The molecule has 6 nitrogen and oxygen atoms in total. The molecule has 0 aliphatic heterocycles. The first-order valence-electron chi connectivity index (χ1n) is 8.61. The van der Waals surface area contributed by atoms with Crippen molar-refractivity contribution in [3.8, 4) is 0 Å². The van der Waals surface area contributed by atoms with Crippen LogP contribution in [-0.4, -0.2) is 21.5 Å². The van der Waals surface area contributed by atoms with Gasteiger partial charge in [-0.1, -0.05) is 12.1 Å². The predicted molar refractivity (Wildman–Crippen MR) is 99.1 cm³/mol. The third-order valence-corrected chi connectivity index (χ3v) is 3.97. The summed E-state index contributed by atoms with van der Waals surface area (Å²) < 4.78 is 59.0. The number of ketones is 1. The summed E-state index contributed by atoms with van der Waals surface area (Å²) in [5.74, 6) is -1.49. The number of rotatable bonds is 6. The highest BCUT2D eigenvalue weighted by atomic mass is 19.4. The fourth-order valence-electron chi connectivity index (χ4n) is 2.56. The highest BCUT2D eigenvalue weighted by Gasteiger charge is 2.34. The maximum absolute atomic E-state index is 14.0. The third kappa shape index (κ3) is 5.02. The maximum Gasteiger partial charge on any atom is 0.419 e. The number of amides is 1. The van der Waals surface area contributed by atoms with Gasteiger partial charge in [0, 0.05) is 30.8 Å². The van der Waals surface area contributed by atoms with Crippen LogP contribution in [0, 0.1) is 5.82 Å². The number of hydrogen-bond donors (Lipinski definition) is 1. The molecule has 0 aliphatic carbocycles. The molecule has 30 heavy (non-hydrogen) atoms. The molecule has 0 atom stereocenters. The first kappa shape index (κ1) is 21.0. The van der Waals surface area contributed by atoms with Crippen molar-refractivity contribution in [2.75, 3.05) is 5.32 Å². The Morgan fingerprint density at radius 3 is 2.63 bits per heavy atom. The molecule has 0 radical (unpaired) electrons. The molecule has 2 heterocycles. The van der Waals surface area contributed by atoms with Crippen LogP contribution in [0.15, 0.2) is 53.1 Å². The second-order valence-corrected chi connectivity index (χ2v) is 6.25. The van der Waals surface area contributed by atoms with Gasteiger partial charge in [0.15, 0.2) is 17.4 Å². The van der Waals surface area contributed by atoms with E-state index in [2.05, 4.69) is 10.4 Å². The molecule has 1 amide bonds. The summed E-state index contributed by atoms with van der Waals surface area (Å²) in [6.45, 7) is 1.59. The lowest BCUT2D eigenvalue weighted by Gasteiger charge is -2.09. The average Bonchev–Trinajstić information content (AvgIpc) is 3.30. The van der Waals surface area contributed by atoms with Crippen LogP contribution in [0.5, 0.6) is 0 Å². The SMILES string of the molecule is CC(=O)c1ccc(Cn2ccc(NC(=O)/C=C/c3cccc(C(F)(F)F)c3F)n2)o1. The van der Waals surface area contributed by atoms with Crippen molar-refractivity contribution < 1.29 is 31.6 Å². The number of nitrogens with one attached hydrogen (secondary N) is 1. The second kappa shape index (κ2) is 8.36. The van der Waals surface area contributed by atoms with E-state index in [1.54, 1.807) is 18.3 Å². The van der Waals surface area contributed by atoms with Gasteiger partial charge in [-0.3, -0.25) is 14.3 Å². The van der Waals surface area contributed by atoms with Crippen LogP contribution < -0.4 is 5.32 Å². The zero-order chi connectivity index (χ0) is 21.9. The lowest BCUT2D eigenvalue weighted by atomic mass is 10.1. The first-order chi connectivity index (χ1) is 14.1. The van der Waals surface area contributed by atoms with E-state index < -0.39 is 23.5 Å². The Kier molecular flexibility index (Phi) is 5.86. The van der Waals surface area contributed by atoms with Crippen molar-refractivity contribution in [3.05, 3.63) is 77.1 Å². The maximum atomic E-state index is 14.0. The van der Waals surface area contributed by atoms with Crippen molar-refractivity contribution in [2.45, 2.75) is 19.6 Å². The number of aromatic nitrogens is 2. The second-order valence-electron chi connectivity index (χ2n) is 6.25. The number of halogens is 4. The van der Waals surface area contributed by atoms with E-state index >= 15 is 0 Å². The molecule has 0 unspecified atom stereocenters. The number of nitrogens with zero attached hydrogens (tertiary/aromatic N) is 2. The van der Waals surface area contributed by atoms with Gasteiger partial charge in [0.1, 0.15) is 11.6 Å². The van der Waals surface area contributed by atoms with Crippen LogP contribution in [0.4, 0.5) is 23.4 Å². The summed E-state index contributed by atoms with van der Waals surface area (Å²) in [6.07, 6.45) is -1.42. The number of hydrogen-bond acceptors (Lipinski definition) is 4. The van der Waals surface area contributed by atoms with Crippen molar-refractivity contribution in [1.29, 1.82) is 0 Å². The van der Waals surface area contributed by atoms with Crippen LogP contribution in [-0.2, 0) is 17.5 Å². The highest BCUT2D eigenvalue weighted by molar-refractivity contribution is 6.01. The molecule has 156 valence electrons. The lowest BCUT2D eigenvalue weighted by Crippen LogP contribution is -2.10. The van der Waals surface area contributed by atoms with E-state index in [-0.39, 0.29) is 29.5 Å². The molecule has 0 spiro atoms. The lowest BCUT2D eigenvalue weighted by molar-refractivity contribution is -0.140. The molecule has 3 aromatic rings. The molecule has 0 bridgehead atoms. The van der Waals surface area contributed by atoms with E-state index in [0.717, 1.165) is 24.3 Å². The van der Waals surface area contributed by atoms with Gasteiger partial charge in [-0.25, -0.2) is 4.39 Å². The van der Waals surface area contributed by atoms with Gasteiger partial charge in [-0.05, 0) is 24.3 Å². The van der Waals surface area contributed by atoms with Gasteiger partial charge in [0.2, 0.25) is 5.91 Å². The van der Waals surface area contributed by atoms with E-state index in [1.165, 1.54) is 17.7 Å². The largest absolute Gasteiger partial charge is 0.456 e. The molecule has 0 saturated heterocycles. The van der Waals surface area contributed by atoms with Gasteiger partial charge in [0.05, 0.1) is 12.1 Å². The summed E-state index contributed by atoms with van der Waals surface area (Å²) in [5.41, 5.74) is -1.78. The van der Waals surface area contributed by atoms with Crippen LogP contribution in [0.1, 0.15) is 34.4 Å². The molecule has 0 saturated carbocycles. The Morgan fingerprint density at radius 2 is 1.97 bits per heavy atom. The Hall–Kier alpha value is -3.69. The predicted octanol–water partition coefficient (Wildman–Crippen LogP) is 4.54. The topological polar surface area (TPSA) is 77.1 Å². The van der Waals surface area contributed by atoms with E-state index in [4.69, 9.17) is 4.42 Å². The van der Waals surface area contributed by atoms with Crippen LogP contribution in [0.2, 0.25) is 0 Å². The number of carbonyl (C=O) groups is 2. The van der Waals surface area contributed by atoms with Crippen molar-refractivity contribution in [2.24, 2.45) is 0 Å². The molecule has 0 aliphatic rings. The first-order valence-corrected chi connectivity index (χ1v) is 8.61. The van der Waals surface area contributed by atoms with E-state index in [1.807, 2.05) is 0 Å². The smallest absolute Gasteiger partial charge is 0.419 e. The number of anilines is 1. The minimum Gasteiger partial charge on any atom is -0.456 e. The normalized spacial score (nSPS) is 11.8. The van der Waals surface area contributed by atoms with Gasteiger partial charge in [0.25, 0.3) is 0 Å². The molecule has 1 N–H and O–H groups in total. The number of carbonyl (C=O) groups excluding carboxylic acids is 2. The fourth-order valence-corrected chi connectivity index (χ4v) is 2.56. The summed E-state index contributed by atoms with van der Waals surface area (Å²) in [7, 11) is 0. The van der Waals surface area contributed by atoms with Gasteiger partial charge >= 0.3 is 6.18 Å². The Balaban J connectivity index is 1.64. The number of furan rings is 1. The van der Waals surface area contributed by atoms with Crippen molar-refractivity contribution in [3.63, 3.8) is 0 Å². The molecule has 10 heteroatoms. The Morgan fingerprint density at radius 1 is 1.20 bits per heavy atom. The quantitative estimate of drug-likeness (QED) is 0.360. The third-order valence-electron chi connectivity index (χ3n) is 3.97. The minimum atomic E-state index is -4.83. The van der Waals surface area contributed by atoms with Gasteiger partial charge in [-0.2, -0.15) is 18.3 Å². The van der Waals surface area contributed by atoms with Crippen LogP contribution in [0.25, 0.3) is 6.08 Å². The molecule has 1 aromatic carbocycles. The Labute approximate surface area is 167 Å². The van der Waals surface area contributed by atoms with E-state index in [9.17, 15) is 27.2 Å². The number of alkyl halides is 3. The van der Waals surface area contributed by atoms with E-state index in [0.29, 0.717) is 11.8 Å². The minimum absolute atomic E-state index is 0.174. The molecule has 3 rings (SSSR count). The summed E-state index contributed by atoms with van der Waals surface area (Å²) in [5, 5.41) is 6.52.